The Morgan fingerprint density at radius 1 is 1.21 bits per heavy atom. The van der Waals surface area contributed by atoms with Crippen molar-refractivity contribution in [3.05, 3.63) is 48.0 Å². The molecule has 1 fully saturated rings. The zero-order chi connectivity index (χ0) is 13.1. The van der Waals surface area contributed by atoms with Crippen LogP contribution in [0.25, 0.3) is 10.8 Å². The number of rotatable bonds is 3. The van der Waals surface area contributed by atoms with Gasteiger partial charge in [0.1, 0.15) is 0 Å². The zero-order valence-electron chi connectivity index (χ0n) is 10.8. The molecular formula is C16H17NO2. The molecule has 98 valence electrons. The molecule has 0 amide bonds. The minimum Gasteiger partial charge on any atom is -0.375 e. The van der Waals surface area contributed by atoms with Crippen LogP contribution in [0.3, 0.4) is 0 Å². The molecule has 3 nitrogen and oxygen atoms in total. The van der Waals surface area contributed by atoms with Gasteiger partial charge in [0.15, 0.2) is 5.78 Å². The molecule has 1 saturated heterocycles. The number of ketones is 1. The fourth-order valence-corrected chi connectivity index (χ4v) is 2.54. The number of nitrogens with one attached hydrogen (secondary N) is 1. The van der Waals surface area contributed by atoms with E-state index in [1.165, 1.54) is 0 Å². The highest BCUT2D eigenvalue weighted by Gasteiger charge is 2.19. The number of fused-ring (bicyclic) bond motifs is 1. The molecule has 1 aliphatic rings. The fraction of sp³-hybridized carbons (Fsp3) is 0.312. The molecule has 0 saturated carbocycles. The largest absolute Gasteiger partial charge is 0.375 e. The summed E-state index contributed by atoms with van der Waals surface area (Å²) in [5.41, 5.74) is 0.798. The van der Waals surface area contributed by atoms with E-state index in [1.807, 2.05) is 42.5 Å². The number of benzene rings is 2. The Morgan fingerprint density at radius 2 is 2.05 bits per heavy atom. The standard InChI is InChI=1S/C16H17NO2/c18-16(10-13-11-17-8-9-19-13)15-7-3-5-12-4-1-2-6-14(12)15/h1-7,13,17H,8-11H2. The quantitative estimate of drug-likeness (QED) is 0.856. The lowest BCUT2D eigenvalue weighted by atomic mass is 9.98. The van der Waals surface area contributed by atoms with Gasteiger partial charge in [-0.2, -0.15) is 0 Å². The van der Waals surface area contributed by atoms with E-state index in [0.717, 1.165) is 29.4 Å². The normalized spacial score (nSPS) is 19.5. The van der Waals surface area contributed by atoms with Crippen molar-refractivity contribution in [1.29, 1.82) is 0 Å². The van der Waals surface area contributed by atoms with Crippen molar-refractivity contribution in [3.8, 4) is 0 Å². The second kappa shape index (κ2) is 5.51. The summed E-state index contributed by atoms with van der Waals surface area (Å²) in [6.07, 6.45) is 0.446. The van der Waals surface area contributed by atoms with Gasteiger partial charge in [0.2, 0.25) is 0 Å². The van der Waals surface area contributed by atoms with Gasteiger partial charge >= 0.3 is 0 Å². The highest BCUT2D eigenvalue weighted by Crippen LogP contribution is 2.20. The van der Waals surface area contributed by atoms with Gasteiger partial charge < -0.3 is 10.1 Å². The number of carbonyl (C=O) groups excluding carboxylic acids is 1. The summed E-state index contributed by atoms with van der Waals surface area (Å²) in [5.74, 6) is 0.158. The molecule has 1 unspecified atom stereocenters. The lowest BCUT2D eigenvalue weighted by Gasteiger charge is -2.23. The molecule has 1 N–H and O–H groups in total. The summed E-state index contributed by atoms with van der Waals surface area (Å²) in [6.45, 7) is 2.32. The van der Waals surface area contributed by atoms with Gasteiger partial charge in [-0.3, -0.25) is 4.79 Å². The van der Waals surface area contributed by atoms with Crippen molar-refractivity contribution >= 4 is 16.6 Å². The molecule has 0 spiro atoms. The van der Waals surface area contributed by atoms with Crippen LogP contribution in [0.1, 0.15) is 16.8 Å². The molecule has 3 rings (SSSR count). The smallest absolute Gasteiger partial charge is 0.166 e. The number of ether oxygens (including phenoxy) is 1. The lowest BCUT2D eigenvalue weighted by molar-refractivity contribution is 0.0240. The summed E-state index contributed by atoms with van der Waals surface area (Å²) in [6, 6.07) is 13.9. The van der Waals surface area contributed by atoms with Gasteiger partial charge in [-0.05, 0) is 10.8 Å². The molecule has 1 aliphatic heterocycles. The van der Waals surface area contributed by atoms with Crippen molar-refractivity contribution in [1.82, 2.24) is 5.32 Å². The molecule has 2 aromatic carbocycles. The SMILES string of the molecule is O=C(CC1CNCCO1)c1cccc2ccccc12. The first-order valence-electron chi connectivity index (χ1n) is 6.68. The number of Topliss-reactive ketones (excluding diaryl/α,β-unsaturated/α-hetero) is 1. The maximum absolute atomic E-state index is 12.4. The van der Waals surface area contributed by atoms with E-state index >= 15 is 0 Å². The van der Waals surface area contributed by atoms with Crippen molar-refractivity contribution in [3.63, 3.8) is 0 Å². The minimum atomic E-state index is 0.000202. The zero-order valence-corrected chi connectivity index (χ0v) is 10.8. The average Bonchev–Trinajstić information content (AvgIpc) is 2.47. The molecule has 2 aromatic rings. The Balaban J connectivity index is 1.85. The third-order valence-electron chi connectivity index (χ3n) is 3.51. The first-order valence-corrected chi connectivity index (χ1v) is 6.68. The molecule has 0 aliphatic carbocycles. The van der Waals surface area contributed by atoms with Gasteiger partial charge in [-0.25, -0.2) is 0 Å². The van der Waals surface area contributed by atoms with Gasteiger partial charge in [-0.1, -0.05) is 42.5 Å². The first kappa shape index (κ1) is 12.3. The number of hydrogen-bond acceptors (Lipinski definition) is 3. The van der Waals surface area contributed by atoms with Crippen LogP contribution in [0.5, 0.6) is 0 Å². The van der Waals surface area contributed by atoms with Gasteiger partial charge in [-0.15, -0.1) is 0 Å². The van der Waals surface area contributed by atoms with Gasteiger partial charge in [0.05, 0.1) is 12.7 Å². The van der Waals surface area contributed by atoms with Crippen molar-refractivity contribution in [2.75, 3.05) is 19.7 Å². The maximum atomic E-state index is 12.4. The highest BCUT2D eigenvalue weighted by molar-refractivity contribution is 6.08. The summed E-state index contributed by atoms with van der Waals surface area (Å²) in [5, 5.41) is 5.39. The van der Waals surface area contributed by atoms with Gasteiger partial charge in [0, 0.05) is 25.1 Å². The van der Waals surface area contributed by atoms with Crippen LogP contribution in [0, 0.1) is 0 Å². The minimum absolute atomic E-state index is 0.000202. The number of hydrogen-bond donors (Lipinski definition) is 1. The van der Waals surface area contributed by atoms with Crippen LogP contribution < -0.4 is 5.32 Å². The van der Waals surface area contributed by atoms with Crippen LogP contribution in [0.15, 0.2) is 42.5 Å². The van der Waals surface area contributed by atoms with Crippen molar-refractivity contribution in [2.24, 2.45) is 0 Å². The predicted octanol–water partition coefficient (Wildman–Crippen LogP) is 2.40. The second-order valence-electron chi connectivity index (χ2n) is 4.85. The van der Waals surface area contributed by atoms with Crippen molar-refractivity contribution < 1.29 is 9.53 Å². The molecule has 3 heteroatoms. The van der Waals surface area contributed by atoms with Crippen LogP contribution in [0.2, 0.25) is 0 Å². The topological polar surface area (TPSA) is 38.3 Å². The fourth-order valence-electron chi connectivity index (χ4n) is 2.54. The van der Waals surface area contributed by atoms with Crippen LogP contribution in [-0.4, -0.2) is 31.6 Å². The van der Waals surface area contributed by atoms with Gasteiger partial charge in [0.25, 0.3) is 0 Å². The van der Waals surface area contributed by atoms with Crippen molar-refractivity contribution in [2.45, 2.75) is 12.5 Å². The Morgan fingerprint density at radius 3 is 2.89 bits per heavy atom. The Labute approximate surface area is 112 Å². The highest BCUT2D eigenvalue weighted by atomic mass is 16.5. The number of morpholine rings is 1. The molecular weight excluding hydrogens is 238 g/mol. The van der Waals surface area contributed by atoms with E-state index < -0.39 is 0 Å². The van der Waals surface area contributed by atoms with Crippen LogP contribution in [-0.2, 0) is 4.74 Å². The van der Waals surface area contributed by atoms with Crippen LogP contribution >= 0.6 is 0 Å². The third-order valence-corrected chi connectivity index (χ3v) is 3.51. The van der Waals surface area contributed by atoms with E-state index in [-0.39, 0.29) is 11.9 Å². The Kier molecular flexibility index (Phi) is 3.58. The molecule has 0 radical (unpaired) electrons. The first-order chi connectivity index (χ1) is 9.34. The molecule has 1 heterocycles. The van der Waals surface area contributed by atoms with E-state index in [1.54, 1.807) is 0 Å². The molecule has 19 heavy (non-hydrogen) atoms. The summed E-state index contributed by atoms with van der Waals surface area (Å²) in [7, 11) is 0. The second-order valence-corrected chi connectivity index (χ2v) is 4.85. The van der Waals surface area contributed by atoms with E-state index in [9.17, 15) is 4.79 Å². The predicted molar refractivity (Wildman–Crippen MR) is 75.5 cm³/mol. The molecule has 1 atom stereocenters. The van der Waals surface area contributed by atoms with E-state index in [2.05, 4.69) is 5.32 Å². The number of carbonyl (C=O) groups is 1. The summed E-state index contributed by atoms with van der Waals surface area (Å²) >= 11 is 0. The van der Waals surface area contributed by atoms with Crippen LogP contribution in [0.4, 0.5) is 0 Å². The molecule has 0 bridgehead atoms. The summed E-state index contributed by atoms with van der Waals surface area (Å²) < 4.78 is 5.60. The summed E-state index contributed by atoms with van der Waals surface area (Å²) in [4.78, 5) is 12.4. The Hall–Kier alpha value is -1.71. The monoisotopic (exact) mass is 255 g/mol. The Bertz CT molecular complexity index is 583. The van der Waals surface area contributed by atoms with E-state index in [0.29, 0.717) is 13.0 Å². The maximum Gasteiger partial charge on any atom is 0.166 e. The van der Waals surface area contributed by atoms with E-state index in [4.69, 9.17) is 4.74 Å². The lowest BCUT2D eigenvalue weighted by Crippen LogP contribution is -2.39. The molecule has 0 aromatic heterocycles. The average molecular weight is 255 g/mol. The third kappa shape index (κ3) is 2.67.